The lowest BCUT2D eigenvalue weighted by molar-refractivity contribution is -0.155. The molecule has 2 aromatic carbocycles. The molecule has 18 radical (unpaired) electrons. The second kappa shape index (κ2) is 9.64. The summed E-state index contributed by atoms with van der Waals surface area (Å²) in [6.07, 6.45) is 0. The SMILES string of the molecule is [B]N1C(=O)C([B])([B])C([B])([B])[C@@]([B])(N2Cc3cc(C([B])([B])N([B])C(=O)C(F)(F)c4ccc(Cl)cc4)ccc3C2=O)C1=O. The highest BCUT2D eigenvalue weighted by Crippen LogP contribution is 2.57. The lowest BCUT2D eigenvalue weighted by Gasteiger charge is -2.62. The predicted molar refractivity (Wildman–Crippen MR) is 152 cm³/mol. The first-order valence-electron chi connectivity index (χ1n) is 11.5. The number of carbonyl (C=O) groups excluding carboxylic acids is 4. The molecule has 2 aliphatic heterocycles. The highest BCUT2D eigenvalue weighted by atomic mass is 35.5. The minimum atomic E-state index is -4.16. The minimum absolute atomic E-state index is 0.00320. The van der Waals surface area contributed by atoms with Crippen LogP contribution in [0.3, 0.4) is 0 Å². The lowest BCUT2D eigenvalue weighted by atomic mass is 9.21. The van der Waals surface area contributed by atoms with Crippen molar-refractivity contribution in [2.24, 2.45) is 0 Å². The summed E-state index contributed by atoms with van der Waals surface area (Å²) in [7, 11) is 53.3. The molecular formula is C22H9B9ClF2N3O4. The van der Waals surface area contributed by atoms with Crippen molar-refractivity contribution in [3.8, 4) is 0 Å². The summed E-state index contributed by atoms with van der Waals surface area (Å²) in [5.41, 5.74) is -3.70. The van der Waals surface area contributed by atoms with Crippen molar-refractivity contribution in [2.45, 2.75) is 33.7 Å². The van der Waals surface area contributed by atoms with Crippen LogP contribution in [0.25, 0.3) is 0 Å². The molecule has 0 aromatic heterocycles. The molecule has 0 bridgehead atoms. The first-order valence-corrected chi connectivity index (χ1v) is 11.9. The minimum Gasteiger partial charge on any atom is -0.398 e. The number of hydrogen-bond acceptors (Lipinski definition) is 4. The van der Waals surface area contributed by atoms with E-state index in [-0.39, 0.29) is 31.3 Å². The van der Waals surface area contributed by atoms with Gasteiger partial charge in [-0.25, -0.2) is 0 Å². The molecule has 0 unspecified atom stereocenters. The fourth-order valence-corrected chi connectivity index (χ4v) is 4.70. The van der Waals surface area contributed by atoms with Crippen LogP contribution in [0.1, 0.15) is 27.0 Å². The molecular weight excluding hydrogens is 541 g/mol. The molecule has 41 heavy (non-hydrogen) atoms. The summed E-state index contributed by atoms with van der Waals surface area (Å²) < 4.78 is 29.9. The maximum Gasteiger partial charge on any atom is 0.348 e. The van der Waals surface area contributed by atoms with Crippen LogP contribution in [0.5, 0.6) is 0 Å². The van der Waals surface area contributed by atoms with Crippen LogP contribution in [0.2, 0.25) is 15.5 Å². The van der Waals surface area contributed by atoms with Crippen LogP contribution >= 0.6 is 11.6 Å². The molecule has 19 heteroatoms. The van der Waals surface area contributed by atoms with Crippen molar-refractivity contribution in [1.29, 1.82) is 0 Å². The van der Waals surface area contributed by atoms with E-state index in [9.17, 15) is 28.0 Å². The molecule has 2 heterocycles. The number of rotatable bonds is 5. The molecule has 0 saturated carbocycles. The molecule has 7 nitrogen and oxygen atoms in total. The fraction of sp³-hybridized carbons (Fsp3) is 0.273. The van der Waals surface area contributed by atoms with E-state index >= 15 is 0 Å². The van der Waals surface area contributed by atoms with Gasteiger partial charge in [-0.2, -0.15) is 8.78 Å². The van der Waals surface area contributed by atoms with Crippen molar-refractivity contribution < 1.29 is 28.0 Å². The number of imide groups is 1. The zero-order valence-electron chi connectivity index (χ0n) is 21.1. The summed E-state index contributed by atoms with van der Waals surface area (Å²) in [6, 6.07) is 7.61. The highest BCUT2D eigenvalue weighted by molar-refractivity contribution is 6.68. The summed E-state index contributed by atoms with van der Waals surface area (Å²) in [5.74, 6) is -9.79. The Balaban J connectivity index is 1.68. The van der Waals surface area contributed by atoms with Gasteiger partial charge in [0, 0.05) is 22.7 Å². The van der Waals surface area contributed by atoms with Gasteiger partial charge in [0.15, 0.2) is 0 Å². The van der Waals surface area contributed by atoms with E-state index in [2.05, 4.69) is 0 Å². The van der Waals surface area contributed by atoms with E-state index in [1.165, 1.54) is 0 Å². The number of hydrogen-bond donors (Lipinski definition) is 0. The Morgan fingerprint density at radius 2 is 1.46 bits per heavy atom. The number of benzene rings is 2. The van der Waals surface area contributed by atoms with Crippen LogP contribution in [-0.4, -0.2) is 114 Å². The quantitative estimate of drug-likeness (QED) is 0.342. The second-order valence-corrected chi connectivity index (χ2v) is 10.3. The maximum absolute atomic E-state index is 15.0. The number of fused-ring (bicyclic) bond motifs is 1. The third kappa shape index (κ3) is 4.26. The van der Waals surface area contributed by atoms with Gasteiger partial charge in [-0.05, 0) is 39.9 Å². The first-order chi connectivity index (χ1) is 18.6. The van der Waals surface area contributed by atoms with Crippen molar-refractivity contribution in [2.75, 3.05) is 0 Å². The van der Waals surface area contributed by atoms with E-state index in [4.69, 9.17) is 82.5 Å². The number of alkyl halides is 2. The number of piperidine rings is 1. The van der Waals surface area contributed by atoms with Crippen molar-refractivity contribution in [1.82, 2.24) is 14.5 Å². The molecule has 0 N–H and O–H groups in total. The largest absolute Gasteiger partial charge is 0.398 e. The number of carbonyl (C=O) groups is 4. The zero-order chi connectivity index (χ0) is 31.1. The van der Waals surface area contributed by atoms with Gasteiger partial charge in [-0.1, -0.05) is 41.1 Å². The monoisotopic (exact) mass is 551 g/mol. The third-order valence-electron chi connectivity index (χ3n) is 7.32. The standard InChI is InChI=1S/C22H9B9ClF2N3O4/c23-19(24)16(40)36(30)17(41)20(25,22(19,28)29)35-8-9-7-11(3-6-13(9)14(35)38)21(26,27)37(31)15(39)18(33,34)10-1-4-12(32)5-2-10/h1-7H,8H2/t20-/m0/s1. The van der Waals surface area contributed by atoms with E-state index in [1.54, 1.807) is 0 Å². The predicted octanol–water partition coefficient (Wildman–Crippen LogP) is -1.33. The van der Waals surface area contributed by atoms with Gasteiger partial charge in [0.2, 0.25) is 27.8 Å². The number of halogens is 3. The highest BCUT2D eigenvalue weighted by Gasteiger charge is 2.64. The summed E-state index contributed by atoms with van der Waals surface area (Å²) in [5, 5.41) is -7.84. The zero-order valence-corrected chi connectivity index (χ0v) is 21.8. The van der Waals surface area contributed by atoms with Gasteiger partial charge < -0.3 is 14.5 Å². The summed E-state index contributed by atoms with van der Waals surface area (Å²) in [4.78, 5) is 52.2. The fourth-order valence-electron chi connectivity index (χ4n) is 4.58. The smallest absolute Gasteiger partial charge is 0.348 e. The Morgan fingerprint density at radius 3 is 2.02 bits per heavy atom. The van der Waals surface area contributed by atoms with Gasteiger partial charge in [-0.3, -0.25) is 19.2 Å². The van der Waals surface area contributed by atoms with Crippen molar-refractivity contribution in [3.63, 3.8) is 0 Å². The third-order valence-corrected chi connectivity index (χ3v) is 7.57. The molecule has 4 rings (SSSR count). The summed E-state index contributed by atoms with van der Waals surface area (Å²) >= 11 is 5.72. The Morgan fingerprint density at radius 1 is 0.927 bits per heavy atom. The van der Waals surface area contributed by atoms with E-state index in [1.807, 2.05) is 0 Å². The van der Waals surface area contributed by atoms with Crippen LogP contribution in [0, 0.1) is 0 Å². The Labute approximate surface area is 251 Å². The maximum atomic E-state index is 15.0. The molecule has 4 amide bonds. The molecule has 2 aliphatic rings. The second-order valence-electron chi connectivity index (χ2n) is 9.83. The van der Waals surface area contributed by atoms with E-state index in [0.29, 0.717) is 4.90 Å². The Hall–Kier alpha value is -2.75. The van der Waals surface area contributed by atoms with Crippen LogP contribution in [-0.2, 0) is 32.2 Å². The first kappa shape index (κ1) is 31.2. The van der Waals surface area contributed by atoms with Crippen molar-refractivity contribution in [3.05, 3.63) is 69.7 Å². The number of amides is 4. The molecule has 1 saturated heterocycles. The summed E-state index contributed by atoms with van der Waals surface area (Å²) in [6.45, 7) is -0.520. The van der Waals surface area contributed by atoms with Gasteiger partial charge in [0.05, 0.1) is 52.5 Å². The van der Waals surface area contributed by atoms with Gasteiger partial charge >= 0.3 is 5.92 Å². The van der Waals surface area contributed by atoms with Crippen LogP contribution in [0.4, 0.5) is 8.78 Å². The molecule has 184 valence electrons. The average molecular weight is 550 g/mol. The van der Waals surface area contributed by atoms with Gasteiger partial charge in [0.1, 0.15) is 7.85 Å². The molecule has 2 aromatic rings. The molecule has 1 fully saturated rings. The van der Waals surface area contributed by atoms with Crippen LogP contribution < -0.4 is 0 Å². The van der Waals surface area contributed by atoms with Gasteiger partial charge in [0.25, 0.3) is 11.8 Å². The van der Waals surface area contributed by atoms with Gasteiger partial charge in [-0.15, -0.1) is 0 Å². The Kier molecular flexibility index (Phi) is 7.34. The topological polar surface area (TPSA) is 78.0 Å². The molecule has 0 aliphatic carbocycles. The number of nitrogens with zero attached hydrogens (tertiary/aromatic N) is 3. The van der Waals surface area contributed by atoms with Crippen molar-refractivity contribution >= 4 is 106 Å². The normalized spacial score (nSPS) is 22.0. The van der Waals surface area contributed by atoms with E-state index < -0.39 is 62.9 Å². The molecule has 0 spiro atoms. The lowest BCUT2D eigenvalue weighted by Crippen LogP contribution is -2.75. The Bertz CT molecular complexity index is 1500. The average Bonchev–Trinajstić information content (AvgIpc) is 3.25. The van der Waals surface area contributed by atoms with E-state index in [0.717, 1.165) is 42.5 Å². The van der Waals surface area contributed by atoms with Crippen LogP contribution in [0.15, 0.2) is 42.5 Å². The molecule has 1 atom stereocenters.